The Labute approximate surface area is 54.1 Å². The van der Waals surface area contributed by atoms with Gasteiger partial charge in [-0.3, -0.25) is 0 Å². The fourth-order valence-corrected chi connectivity index (χ4v) is 0.392. The van der Waals surface area contributed by atoms with Crippen molar-refractivity contribution >= 4 is 39.8 Å². The number of alkyl halides is 2. The molecule has 0 spiro atoms. The van der Waals surface area contributed by atoms with Crippen LogP contribution >= 0.6 is 23.2 Å². The average molecular weight is 161 g/mol. The molecule has 0 radical (unpaired) electrons. The summed E-state index contributed by atoms with van der Waals surface area (Å²) in [5, 5.41) is 9.03. The van der Waals surface area contributed by atoms with Crippen LogP contribution in [-0.4, -0.2) is 19.2 Å². The second kappa shape index (κ2) is 2.67. The van der Waals surface area contributed by atoms with Crippen LogP contribution in [0.15, 0.2) is 0 Å². The van der Waals surface area contributed by atoms with Gasteiger partial charge in [0.05, 0.1) is 16.6 Å². The Morgan fingerprint density at radius 1 is 1.71 bits per heavy atom. The van der Waals surface area contributed by atoms with Crippen LogP contribution in [0.2, 0.25) is 0 Å². The number of rotatable bonds is 1. The molecule has 0 rings (SSSR count). The predicted octanol–water partition coefficient (Wildman–Crippen LogP) is 0.125. The van der Waals surface area contributed by atoms with Gasteiger partial charge in [-0.2, -0.15) is 0 Å². The lowest BCUT2D eigenvalue weighted by Gasteiger charge is -1.98. The molecule has 0 aromatic heterocycles. The molecule has 0 aliphatic heterocycles. The zero-order valence-corrected chi connectivity index (χ0v) is 5.43. The van der Waals surface area contributed by atoms with E-state index < -0.39 is 4.52 Å². The quantitative estimate of drug-likeness (QED) is 0.438. The molecule has 0 saturated heterocycles. The molecular formula is C2H2Cl2O2S. The van der Waals surface area contributed by atoms with E-state index in [0.717, 1.165) is 5.37 Å². The Balaban J connectivity index is 3.80. The summed E-state index contributed by atoms with van der Waals surface area (Å²) in [5.74, 6) is 0. The van der Waals surface area contributed by atoms with Gasteiger partial charge in [-0.15, -0.1) is 0 Å². The third-order valence-electron chi connectivity index (χ3n) is 0.190. The normalized spacial score (nSPS) is 10.7. The van der Waals surface area contributed by atoms with Crippen LogP contribution in [0, 0.1) is 0 Å². The largest absolute Gasteiger partial charge is 0.359 e. The molecule has 0 saturated carbocycles. The summed E-state index contributed by atoms with van der Waals surface area (Å²) in [5.41, 5.74) is 0. The lowest BCUT2D eigenvalue weighted by molar-refractivity contribution is 0.289. The van der Waals surface area contributed by atoms with E-state index in [0.29, 0.717) is 0 Å². The van der Waals surface area contributed by atoms with Crippen molar-refractivity contribution in [3.05, 3.63) is 0 Å². The highest BCUT2D eigenvalue weighted by Gasteiger charge is 2.13. The highest BCUT2D eigenvalue weighted by atomic mass is 35.5. The van der Waals surface area contributed by atoms with Crippen molar-refractivity contribution in [3.8, 4) is 0 Å². The zero-order chi connectivity index (χ0) is 5.91. The molecule has 0 aliphatic rings. The van der Waals surface area contributed by atoms with Crippen LogP contribution in [0.5, 0.6) is 0 Å². The maximum atomic E-state index is 9.48. The Hall–Kier alpha value is 0.430. The molecule has 0 bridgehead atoms. The molecule has 0 heterocycles. The van der Waals surface area contributed by atoms with Gasteiger partial charge >= 0.3 is 0 Å². The van der Waals surface area contributed by atoms with Gasteiger partial charge in [-0.25, -0.2) is 4.21 Å². The monoisotopic (exact) mass is 160 g/mol. The standard InChI is InChI=1S/C2H2Cl2O2S/c3-2(4,5)1-7-6/h1,5H. The van der Waals surface area contributed by atoms with Gasteiger partial charge in [-0.05, 0) is 0 Å². The lowest BCUT2D eigenvalue weighted by Crippen LogP contribution is -2.11. The minimum Gasteiger partial charge on any atom is -0.359 e. The summed E-state index contributed by atoms with van der Waals surface area (Å²) in [7, 11) is 0. The topological polar surface area (TPSA) is 37.3 Å². The fraction of sp³-hybridized carbons (Fsp3) is 0.500. The first kappa shape index (κ1) is 7.43. The highest BCUT2D eigenvalue weighted by Crippen LogP contribution is 2.10. The van der Waals surface area contributed by atoms with E-state index in [1.807, 2.05) is 0 Å². The molecule has 0 atom stereocenters. The molecule has 7 heavy (non-hydrogen) atoms. The Morgan fingerprint density at radius 2 is 2.14 bits per heavy atom. The van der Waals surface area contributed by atoms with Gasteiger partial charge in [0.25, 0.3) is 0 Å². The van der Waals surface area contributed by atoms with E-state index in [1.54, 1.807) is 0 Å². The van der Waals surface area contributed by atoms with Crippen molar-refractivity contribution in [1.29, 1.82) is 0 Å². The van der Waals surface area contributed by atoms with Gasteiger partial charge in [0.2, 0.25) is 4.52 Å². The molecule has 2 nitrogen and oxygen atoms in total. The molecule has 0 aromatic carbocycles. The Morgan fingerprint density at radius 3 is 2.14 bits per heavy atom. The summed E-state index contributed by atoms with van der Waals surface area (Å²) in [6.45, 7) is 0. The highest BCUT2D eigenvalue weighted by molar-refractivity contribution is 7.65. The molecule has 0 fully saturated rings. The van der Waals surface area contributed by atoms with Crippen LogP contribution in [0.25, 0.3) is 0 Å². The maximum Gasteiger partial charge on any atom is 0.247 e. The molecule has 0 unspecified atom stereocenters. The van der Waals surface area contributed by atoms with E-state index in [4.69, 9.17) is 28.3 Å². The summed E-state index contributed by atoms with van der Waals surface area (Å²) in [4.78, 5) is 0. The first-order chi connectivity index (χ1) is 3.06. The van der Waals surface area contributed by atoms with Crippen molar-refractivity contribution in [2.24, 2.45) is 0 Å². The maximum absolute atomic E-state index is 9.48. The number of hydrogen-bond acceptors (Lipinski definition) is 2. The van der Waals surface area contributed by atoms with Crippen molar-refractivity contribution < 1.29 is 9.32 Å². The first-order valence-electron chi connectivity index (χ1n) is 1.29. The Kier molecular flexibility index (Phi) is 2.83. The van der Waals surface area contributed by atoms with Gasteiger partial charge in [-0.1, -0.05) is 23.2 Å². The summed E-state index contributed by atoms with van der Waals surface area (Å²) in [6, 6.07) is 0. The van der Waals surface area contributed by atoms with Gasteiger partial charge in [0, 0.05) is 0 Å². The van der Waals surface area contributed by atoms with E-state index >= 15 is 0 Å². The third-order valence-corrected chi connectivity index (χ3v) is 1.10. The first-order valence-corrected chi connectivity index (χ1v) is 2.85. The van der Waals surface area contributed by atoms with E-state index in [2.05, 4.69) is 0 Å². The molecule has 0 aromatic rings. The van der Waals surface area contributed by atoms with Gasteiger partial charge < -0.3 is 5.11 Å². The summed E-state index contributed by atoms with van der Waals surface area (Å²) in [6.07, 6.45) is 0. The smallest absolute Gasteiger partial charge is 0.247 e. The van der Waals surface area contributed by atoms with Crippen LogP contribution in [0.3, 0.4) is 0 Å². The fourth-order valence-electron chi connectivity index (χ4n) is 0.0579. The molecule has 5 heteroatoms. The number of hydrogen-bond donors (Lipinski definition) is 1. The third kappa shape index (κ3) is 6.43. The molecule has 0 aliphatic carbocycles. The van der Waals surface area contributed by atoms with Crippen molar-refractivity contribution in [1.82, 2.24) is 0 Å². The van der Waals surface area contributed by atoms with Crippen molar-refractivity contribution in [2.75, 3.05) is 0 Å². The average Bonchev–Trinajstić information content (AvgIpc) is 1.30. The molecule has 1 N–H and O–H groups in total. The van der Waals surface area contributed by atoms with Crippen molar-refractivity contribution in [2.45, 2.75) is 4.52 Å². The molecule has 42 valence electrons. The number of aliphatic hydroxyl groups is 1. The minimum absolute atomic E-state index is 0.0197. The second-order valence-corrected chi connectivity index (χ2v) is 2.58. The summed E-state index contributed by atoms with van der Waals surface area (Å²) < 4.78 is 7.50. The minimum atomic E-state index is -1.98. The summed E-state index contributed by atoms with van der Waals surface area (Å²) >= 11 is 9.78. The van der Waals surface area contributed by atoms with Crippen LogP contribution in [0.1, 0.15) is 0 Å². The van der Waals surface area contributed by atoms with Gasteiger partial charge in [0.15, 0.2) is 0 Å². The zero-order valence-electron chi connectivity index (χ0n) is 3.10. The van der Waals surface area contributed by atoms with E-state index in [-0.39, 0.29) is 11.3 Å². The number of halogens is 2. The van der Waals surface area contributed by atoms with Gasteiger partial charge in [0.1, 0.15) is 0 Å². The molecule has 0 amide bonds. The van der Waals surface area contributed by atoms with Crippen LogP contribution in [-0.2, 0) is 11.3 Å². The van der Waals surface area contributed by atoms with Crippen LogP contribution < -0.4 is 0 Å². The Bertz CT molecular complexity index is 101. The van der Waals surface area contributed by atoms with E-state index in [1.165, 1.54) is 0 Å². The van der Waals surface area contributed by atoms with Crippen molar-refractivity contribution in [3.63, 3.8) is 0 Å². The van der Waals surface area contributed by atoms with E-state index in [9.17, 15) is 4.21 Å². The molecular weight excluding hydrogens is 159 g/mol. The predicted molar refractivity (Wildman–Crippen MR) is 30.9 cm³/mol. The van der Waals surface area contributed by atoms with Crippen LogP contribution in [0.4, 0.5) is 0 Å². The second-order valence-electron chi connectivity index (χ2n) is 0.802. The lowest BCUT2D eigenvalue weighted by atomic mass is 10.9. The SMILES string of the molecule is O=S=CC(O)(Cl)Cl.